The van der Waals surface area contributed by atoms with Crippen molar-refractivity contribution in [2.24, 2.45) is 0 Å². The fourth-order valence-electron chi connectivity index (χ4n) is 2.53. The van der Waals surface area contributed by atoms with Crippen LogP contribution in [0.3, 0.4) is 0 Å². The lowest BCUT2D eigenvalue weighted by Gasteiger charge is -2.35. The maximum Gasteiger partial charge on any atom is 0.258 e. The van der Waals surface area contributed by atoms with Gasteiger partial charge in [0.2, 0.25) is 0 Å². The lowest BCUT2D eigenvalue weighted by atomic mass is 9.97. The summed E-state index contributed by atoms with van der Waals surface area (Å²) in [4.78, 5) is 1.89. The van der Waals surface area contributed by atoms with E-state index in [4.69, 9.17) is 0 Å². The van der Waals surface area contributed by atoms with Crippen molar-refractivity contribution >= 4 is 24.8 Å². The first-order valence-corrected chi connectivity index (χ1v) is 6.39. The largest absolute Gasteiger partial charge is 0.314 e. The summed E-state index contributed by atoms with van der Waals surface area (Å²) in [6.07, 6.45) is -2.34. The molecule has 0 amide bonds. The quantitative estimate of drug-likeness (QED) is 0.916. The molecule has 20 heavy (non-hydrogen) atoms. The van der Waals surface area contributed by atoms with E-state index in [0.29, 0.717) is 13.1 Å². The minimum absolute atomic E-state index is 0. The molecule has 1 heterocycles. The number of nitrogens with zero attached hydrogens (tertiary/aromatic N) is 1. The standard InChI is InChI=1S/C14H20F2N2.2ClH/c1-10-3-4-11(2)12(9-10)13(14(15)16)18-7-5-17-6-8-18;;/h3-4,9,13-14,17H,5-8H2,1-2H3;2*1H/t13-;;/m1../s1. The zero-order valence-corrected chi connectivity index (χ0v) is 13.4. The maximum atomic E-state index is 13.4. The molecule has 2 rings (SSSR count). The van der Waals surface area contributed by atoms with Gasteiger partial charge in [-0.1, -0.05) is 23.8 Å². The van der Waals surface area contributed by atoms with Gasteiger partial charge in [0.1, 0.15) is 0 Å². The van der Waals surface area contributed by atoms with Gasteiger partial charge in [0, 0.05) is 26.2 Å². The third-order valence-electron chi connectivity index (χ3n) is 3.54. The number of hydrogen-bond donors (Lipinski definition) is 1. The molecule has 1 fully saturated rings. The number of nitrogens with one attached hydrogen (secondary N) is 1. The Morgan fingerprint density at radius 3 is 2.25 bits per heavy atom. The molecule has 1 atom stereocenters. The van der Waals surface area contributed by atoms with Crippen LogP contribution in [0.5, 0.6) is 0 Å². The number of aryl methyl sites for hydroxylation is 2. The SMILES string of the molecule is Cc1ccc(C)c([C@H](C(F)F)N2CCNCC2)c1.Cl.Cl. The molecule has 6 heteroatoms. The normalized spacial score (nSPS) is 17.2. The van der Waals surface area contributed by atoms with E-state index in [1.54, 1.807) is 0 Å². The molecule has 0 saturated carbocycles. The molecule has 1 aromatic rings. The van der Waals surface area contributed by atoms with Gasteiger partial charge in [-0.3, -0.25) is 4.90 Å². The van der Waals surface area contributed by atoms with Gasteiger partial charge in [-0.05, 0) is 25.0 Å². The van der Waals surface area contributed by atoms with E-state index in [1.807, 2.05) is 36.9 Å². The molecule has 0 spiro atoms. The van der Waals surface area contributed by atoms with Crippen LogP contribution in [0.2, 0.25) is 0 Å². The van der Waals surface area contributed by atoms with Gasteiger partial charge < -0.3 is 5.32 Å². The lowest BCUT2D eigenvalue weighted by molar-refractivity contribution is 0.0178. The Morgan fingerprint density at radius 2 is 1.70 bits per heavy atom. The molecular formula is C14H22Cl2F2N2. The molecule has 2 nitrogen and oxygen atoms in total. The molecule has 0 radical (unpaired) electrons. The Balaban J connectivity index is 0.00000180. The average molecular weight is 327 g/mol. The Kier molecular flexibility index (Phi) is 8.59. The molecular weight excluding hydrogens is 305 g/mol. The van der Waals surface area contributed by atoms with Gasteiger partial charge in [-0.15, -0.1) is 24.8 Å². The summed E-state index contributed by atoms with van der Waals surface area (Å²) in [7, 11) is 0. The molecule has 0 unspecified atom stereocenters. The van der Waals surface area contributed by atoms with Crippen LogP contribution < -0.4 is 5.32 Å². The van der Waals surface area contributed by atoms with Gasteiger partial charge >= 0.3 is 0 Å². The Morgan fingerprint density at radius 1 is 1.10 bits per heavy atom. The Hall–Kier alpha value is -0.420. The minimum atomic E-state index is -2.34. The molecule has 1 N–H and O–H groups in total. The van der Waals surface area contributed by atoms with Crippen LogP contribution in [0.1, 0.15) is 22.7 Å². The Bertz CT molecular complexity index is 410. The second-order valence-electron chi connectivity index (χ2n) is 4.93. The van der Waals surface area contributed by atoms with E-state index in [1.165, 1.54) is 0 Å². The second-order valence-corrected chi connectivity index (χ2v) is 4.93. The summed E-state index contributed by atoms with van der Waals surface area (Å²) in [6, 6.07) is 5.03. The summed E-state index contributed by atoms with van der Waals surface area (Å²) < 4.78 is 26.8. The lowest BCUT2D eigenvalue weighted by Crippen LogP contribution is -2.47. The Labute approximate surface area is 131 Å². The van der Waals surface area contributed by atoms with Crippen LogP contribution in [0.4, 0.5) is 8.78 Å². The van der Waals surface area contributed by atoms with Crippen molar-refractivity contribution in [3.8, 4) is 0 Å². The monoisotopic (exact) mass is 326 g/mol. The summed E-state index contributed by atoms with van der Waals surface area (Å²) in [5, 5.41) is 3.20. The highest BCUT2D eigenvalue weighted by Crippen LogP contribution is 2.30. The smallest absolute Gasteiger partial charge is 0.258 e. The van der Waals surface area contributed by atoms with E-state index in [-0.39, 0.29) is 24.8 Å². The highest BCUT2D eigenvalue weighted by Gasteiger charge is 2.31. The topological polar surface area (TPSA) is 15.3 Å². The van der Waals surface area contributed by atoms with Crippen LogP contribution >= 0.6 is 24.8 Å². The van der Waals surface area contributed by atoms with Crippen LogP contribution in [-0.4, -0.2) is 37.5 Å². The van der Waals surface area contributed by atoms with Crippen molar-refractivity contribution in [1.82, 2.24) is 10.2 Å². The van der Waals surface area contributed by atoms with Crippen LogP contribution in [0.25, 0.3) is 0 Å². The number of alkyl halides is 2. The zero-order valence-electron chi connectivity index (χ0n) is 11.7. The highest BCUT2D eigenvalue weighted by atomic mass is 35.5. The van der Waals surface area contributed by atoms with Gasteiger partial charge in [-0.25, -0.2) is 8.78 Å². The molecule has 1 aromatic carbocycles. The fraction of sp³-hybridized carbons (Fsp3) is 0.571. The van der Waals surface area contributed by atoms with E-state index < -0.39 is 12.5 Å². The van der Waals surface area contributed by atoms with Crippen molar-refractivity contribution in [1.29, 1.82) is 0 Å². The summed E-state index contributed by atoms with van der Waals surface area (Å²) in [5.74, 6) is 0. The van der Waals surface area contributed by atoms with Gasteiger partial charge in [0.15, 0.2) is 0 Å². The third-order valence-corrected chi connectivity index (χ3v) is 3.54. The summed E-state index contributed by atoms with van der Waals surface area (Å²) >= 11 is 0. The van der Waals surface area contributed by atoms with Crippen LogP contribution in [0.15, 0.2) is 18.2 Å². The minimum Gasteiger partial charge on any atom is -0.314 e. The molecule has 0 aromatic heterocycles. The molecule has 0 bridgehead atoms. The first-order chi connectivity index (χ1) is 8.59. The highest BCUT2D eigenvalue weighted by molar-refractivity contribution is 5.85. The number of halogens is 4. The maximum absolute atomic E-state index is 13.4. The van der Waals surface area contributed by atoms with E-state index >= 15 is 0 Å². The molecule has 1 saturated heterocycles. The molecule has 1 aliphatic rings. The van der Waals surface area contributed by atoms with Crippen LogP contribution in [0, 0.1) is 13.8 Å². The van der Waals surface area contributed by atoms with Crippen LogP contribution in [-0.2, 0) is 0 Å². The van der Waals surface area contributed by atoms with Gasteiger partial charge in [0.25, 0.3) is 6.43 Å². The van der Waals surface area contributed by atoms with Gasteiger partial charge in [-0.2, -0.15) is 0 Å². The number of benzene rings is 1. The molecule has 0 aliphatic carbocycles. The molecule has 1 aliphatic heterocycles. The van der Waals surface area contributed by atoms with Crippen molar-refractivity contribution in [3.05, 3.63) is 34.9 Å². The van der Waals surface area contributed by atoms with Gasteiger partial charge in [0.05, 0.1) is 6.04 Å². The van der Waals surface area contributed by atoms with Crippen molar-refractivity contribution < 1.29 is 8.78 Å². The first kappa shape index (κ1) is 19.6. The predicted octanol–water partition coefficient (Wildman–Crippen LogP) is 3.36. The third kappa shape index (κ3) is 4.55. The number of hydrogen-bond acceptors (Lipinski definition) is 2. The number of piperazine rings is 1. The van der Waals surface area contributed by atoms with Crippen molar-refractivity contribution in [3.63, 3.8) is 0 Å². The zero-order chi connectivity index (χ0) is 13.1. The average Bonchev–Trinajstić information content (AvgIpc) is 2.35. The molecule has 116 valence electrons. The van der Waals surface area contributed by atoms with Crippen molar-refractivity contribution in [2.75, 3.05) is 26.2 Å². The first-order valence-electron chi connectivity index (χ1n) is 6.39. The summed E-state index contributed by atoms with van der Waals surface area (Å²) in [5.41, 5.74) is 2.76. The van der Waals surface area contributed by atoms with E-state index in [9.17, 15) is 8.78 Å². The van der Waals surface area contributed by atoms with Crippen molar-refractivity contribution in [2.45, 2.75) is 26.3 Å². The second kappa shape index (κ2) is 8.78. The predicted molar refractivity (Wildman–Crippen MR) is 83.6 cm³/mol. The number of rotatable bonds is 3. The fourth-order valence-corrected chi connectivity index (χ4v) is 2.53. The van der Waals surface area contributed by atoms with E-state index in [0.717, 1.165) is 29.8 Å². The summed E-state index contributed by atoms with van der Waals surface area (Å²) in [6.45, 7) is 6.79. The van der Waals surface area contributed by atoms with E-state index in [2.05, 4.69) is 5.32 Å².